The number of hydrogen-bond acceptors (Lipinski definition) is 5. The molecule has 0 bridgehead atoms. The normalized spacial score (nSPS) is 19.8. The van der Waals surface area contributed by atoms with Gasteiger partial charge in [0.15, 0.2) is 0 Å². The van der Waals surface area contributed by atoms with E-state index >= 15 is 0 Å². The van der Waals surface area contributed by atoms with Gasteiger partial charge in [0.2, 0.25) is 11.8 Å². The molecule has 2 fully saturated rings. The molecule has 0 aromatic carbocycles. The van der Waals surface area contributed by atoms with Crippen LogP contribution in [0.15, 0.2) is 17.5 Å². The maximum Gasteiger partial charge on any atom is 0.261 e. The topological polar surface area (TPSA) is 73.0 Å². The molecule has 1 N–H and O–H groups in total. The first kappa shape index (κ1) is 20.8. The lowest BCUT2D eigenvalue weighted by Crippen LogP contribution is -2.55. The van der Waals surface area contributed by atoms with Crippen LogP contribution in [0.1, 0.15) is 42.3 Å². The molecule has 3 amide bonds. The Morgan fingerprint density at radius 2 is 1.68 bits per heavy atom. The molecule has 3 heterocycles. The zero-order chi connectivity index (χ0) is 19.9. The van der Waals surface area contributed by atoms with Crippen molar-refractivity contribution in [3.63, 3.8) is 0 Å². The molecule has 1 unspecified atom stereocenters. The standard InChI is InChI=1S/C20H30N4O3S/c1-16(21-19(26)17-7-6-14-28-17)20(27)24-12-10-22(11-13-24)15-18(25)23-8-4-2-3-5-9-23/h6-7,14,16H,2-5,8-13,15H2,1H3,(H,21,26). The van der Waals surface area contributed by atoms with Crippen LogP contribution in [0.5, 0.6) is 0 Å². The van der Waals surface area contributed by atoms with Crippen LogP contribution in [0, 0.1) is 0 Å². The van der Waals surface area contributed by atoms with Gasteiger partial charge in [-0.3, -0.25) is 19.3 Å². The number of carbonyl (C=O) groups excluding carboxylic acids is 3. The van der Waals surface area contributed by atoms with Gasteiger partial charge in [0.25, 0.3) is 5.91 Å². The van der Waals surface area contributed by atoms with Gasteiger partial charge < -0.3 is 15.1 Å². The van der Waals surface area contributed by atoms with E-state index in [0.29, 0.717) is 37.6 Å². The van der Waals surface area contributed by atoms with E-state index in [-0.39, 0.29) is 17.7 Å². The van der Waals surface area contributed by atoms with E-state index in [1.165, 1.54) is 24.2 Å². The molecule has 0 radical (unpaired) electrons. The highest BCUT2D eigenvalue weighted by atomic mass is 32.1. The Hall–Kier alpha value is -1.93. The number of nitrogens with one attached hydrogen (secondary N) is 1. The molecule has 2 saturated heterocycles. The van der Waals surface area contributed by atoms with Gasteiger partial charge in [0.05, 0.1) is 11.4 Å². The van der Waals surface area contributed by atoms with Gasteiger partial charge in [-0.05, 0) is 31.2 Å². The van der Waals surface area contributed by atoms with Crippen LogP contribution < -0.4 is 5.32 Å². The predicted molar refractivity (Wildman–Crippen MR) is 109 cm³/mol. The molecular weight excluding hydrogens is 376 g/mol. The fraction of sp³-hybridized carbons (Fsp3) is 0.650. The Balaban J connectivity index is 1.42. The van der Waals surface area contributed by atoms with Crippen molar-refractivity contribution in [2.75, 3.05) is 45.8 Å². The van der Waals surface area contributed by atoms with Gasteiger partial charge in [-0.25, -0.2) is 0 Å². The number of hydrogen-bond donors (Lipinski definition) is 1. The fourth-order valence-electron chi connectivity index (χ4n) is 3.75. The largest absolute Gasteiger partial charge is 0.342 e. The van der Waals surface area contributed by atoms with Crippen LogP contribution in [0.2, 0.25) is 0 Å². The van der Waals surface area contributed by atoms with Crippen molar-refractivity contribution < 1.29 is 14.4 Å². The van der Waals surface area contributed by atoms with Gasteiger partial charge in [0.1, 0.15) is 6.04 Å². The molecule has 2 aliphatic heterocycles. The summed E-state index contributed by atoms with van der Waals surface area (Å²) >= 11 is 1.36. The highest BCUT2D eigenvalue weighted by Crippen LogP contribution is 2.12. The lowest BCUT2D eigenvalue weighted by molar-refractivity contribution is -0.136. The van der Waals surface area contributed by atoms with Crippen LogP contribution in [-0.4, -0.2) is 84.3 Å². The lowest BCUT2D eigenvalue weighted by Gasteiger charge is -2.36. The first-order valence-corrected chi connectivity index (χ1v) is 11.1. The molecule has 1 aromatic rings. The molecule has 154 valence electrons. The monoisotopic (exact) mass is 406 g/mol. The third-order valence-corrected chi connectivity index (χ3v) is 6.33. The Bertz CT molecular complexity index is 663. The van der Waals surface area contributed by atoms with E-state index in [2.05, 4.69) is 10.2 Å². The number of rotatable bonds is 5. The maximum absolute atomic E-state index is 12.6. The van der Waals surface area contributed by atoms with E-state index in [0.717, 1.165) is 25.9 Å². The van der Waals surface area contributed by atoms with Crippen molar-refractivity contribution in [1.82, 2.24) is 20.0 Å². The molecule has 1 aromatic heterocycles. The quantitative estimate of drug-likeness (QED) is 0.803. The Morgan fingerprint density at radius 1 is 1.00 bits per heavy atom. The van der Waals surface area contributed by atoms with E-state index in [9.17, 15) is 14.4 Å². The summed E-state index contributed by atoms with van der Waals surface area (Å²) < 4.78 is 0. The second-order valence-corrected chi connectivity index (χ2v) is 8.52. The SMILES string of the molecule is CC(NC(=O)c1cccs1)C(=O)N1CCN(CC(=O)N2CCCCCC2)CC1. The van der Waals surface area contributed by atoms with Crippen molar-refractivity contribution in [3.05, 3.63) is 22.4 Å². The minimum atomic E-state index is -0.556. The fourth-order valence-corrected chi connectivity index (χ4v) is 4.38. The van der Waals surface area contributed by atoms with Crippen LogP contribution in [-0.2, 0) is 9.59 Å². The van der Waals surface area contributed by atoms with Crippen LogP contribution in [0.25, 0.3) is 0 Å². The molecule has 28 heavy (non-hydrogen) atoms. The molecule has 0 saturated carbocycles. The van der Waals surface area contributed by atoms with Gasteiger partial charge in [-0.1, -0.05) is 18.9 Å². The maximum atomic E-state index is 12.6. The van der Waals surface area contributed by atoms with Crippen LogP contribution >= 0.6 is 11.3 Å². The van der Waals surface area contributed by atoms with Gasteiger partial charge in [-0.15, -0.1) is 11.3 Å². The number of nitrogens with zero attached hydrogens (tertiary/aromatic N) is 3. The Labute approximate surface area is 170 Å². The molecule has 2 aliphatic rings. The summed E-state index contributed by atoms with van der Waals surface area (Å²) in [4.78, 5) is 43.8. The number of thiophene rings is 1. The van der Waals surface area contributed by atoms with Crippen molar-refractivity contribution in [1.29, 1.82) is 0 Å². The lowest BCUT2D eigenvalue weighted by atomic mass is 10.2. The molecule has 1 atom stereocenters. The molecule has 8 heteroatoms. The zero-order valence-electron chi connectivity index (χ0n) is 16.6. The summed E-state index contributed by atoms with van der Waals surface area (Å²) in [6, 6.07) is 3.01. The van der Waals surface area contributed by atoms with Crippen molar-refractivity contribution in [2.45, 2.75) is 38.6 Å². The predicted octanol–water partition coefficient (Wildman–Crippen LogP) is 1.41. The highest BCUT2D eigenvalue weighted by Gasteiger charge is 2.27. The molecule has 0 aliphatic carbocycles. The van der Waals surface area contributed by atoms with Crippen molar-refractivity contribution in [2.24, 2.45) is 0 Å². The summed E-state index contributed by atoms with van der Waals surface area (Å²) in [7, 11) is 0. The number of amides is 3. The summed E-state index contributed by atoms with van der Waals surface area (Å²) in [6.45, 7) is 6.47. The van der Waals surface area contributed by atoms with Crippen molar-refractivity contribution in [3.8, 4) is 0 Å². The van der Waals surface area contributed by atoms with Gasteiger partial charge in [0, 0.05) is 39.3 Å². The van der Waals surface area contributed by atoms with Crippen LogP contribution in [0.3, 0.4) is 0 Å². The molecular formula is C20H30N4O3S. The second-order valence-electron chi connectivity index (χ2n) is 7.57. The minimum absolute atomic E-state index is 0.0663. The number of likely N-dealkylation sites (tertiary alicyclic amines) is 1. The third-order valence-electron chi connectivity index (χ3n) is 5.46. The molecule has 3 rings (SSSR count). The Kier molecular flexibility index (Phi) is 7.44. The highest BCUT2D eigenvalue weighted by molar-refractivity contribution is 7.12. The summed E-state index contributed by atoms with van der Waals surface area (Å²) in [5.41, 5.74) is 0. The van der Waals surface area contributed by atoms with E-state index < -0.39 is 6.04 Å². The minimum Gasteiger partial charge on any atom is -0.342 e. The van der Waals surface area contributed by atoms with E-state index in [1.807, 2.05) is 16.3 Å². The summed E-state index contributed by atoms with van der Waals surface area (Å²) in [5.74, 6) is -0.0702. The summed E-state index contributed by atoms with van der Waals surface area (Å²) in [5, 5.41) is 4.62. The van der Waals surface area contributed by atoms with Gasteiger partial charge >= 0.3 is 0 Å². The second kappa shape index (κ2) is 10.0. The van der Waals surface area contributed by atoms with E-state index in [1.54, 1.807) is 17.9 Å². The molecule has 0 spiro atoms. The Morgan fingerprint density at radius 3 is 2.29 bits per heavy atom. The van der Waals surface area contributed by atoms with E-state index in [4.69, 9.17) is 0 Å². The van der Waals surface area contributed by atoms with Gasteiger partial charge in [-0.2, -0.15) is 0 Å². The van der Waals surface area contributed by atoms with Crippen molar-refractivity contribution >= 4 is 29.1 Å². The zero-order valence-corrected chi connectivity index (χ0v) is 17.4. The first-order chi connectivity index (χ1) is 13.5. The average molecular weight is 407 g/mol. The smallest absolute Gasteiger partial charge is 0.261 e. The average Bonchev–Trinajstić information content (AvgIpc) is 3.10. The third kappa shape index (κ3) is 5.54. The number of carbonyl (C=O) groups is 3. The molecule has 7 nitrogen and oxygen atoms in total. The van der Waals surface area contributed by atoms with Crippen LogP contribution in [0.4, 0.5) is 0 Å². The summed E-state index contributed by atoms with van der Waals surface area (Å²) in [6.07, 6.45) is 4.63. The first-order valence-electron chi connectivity index (χ1n) is 10.2. The number of piperazine rings is 1.